The van der Waals surface area contributed by atoms with Crippen LogP contribution in [0.15, 0.2) is 5.16 Å². The van der Waals surface area contributed by atoms with Gasteiger partial charge in [0.1, 0.15) is 0 Å². The van der Waals surface area contributed by atoms with E-state index in [1.165, 1.54) is 12.8 Å². The van der Waals surface area contributed by atoms with E-state index < -0.39 is 0 Å². The van der Waals surface area contributed by atoms with Crippen LogP contribution < -0.4 is 0 Å². The maximum atomic E-state index is 8.82. The molecule has 1 saturated carbocycles. The maximum Gasteiger partial charge on any atom is 0.0606 e. The molecule has 1 rings (SSSR count). The van der Waals surface area contributed by atoms with E-state index in [4.69, 9.17) is 5.21 Å². The summed E-state index contributed by atoms with van der Waals surface area (Å²) in [6.07, 6.45) is 3.46. The monoisotopic (exact) mass is 169 g/mol. The molecule has 0 unspecified atom stereocenters. The van der Waals surface area contributed by atoms with Crippen LogP contribution in [0.5, 0.6) is 0 Å². The van der Waals surface area contributed by atoms with Gasteiger partial charge in [-0.15, -0.1) is 0 Å². The number of rotatable bonds is 1. The van der Waals surface area contributed by atoms with Crippen molar-refractivity contribution in [1.29, 1.82) is 0 Å². The van der Waals surface area contributed by atoms with Crippen molar-refractivity contribution in [2.75, 3.05) is 0 Å². The lowest BCUT2D eigenvalue weighted by Crippen LogP contribution is -2.27. The van der Waals surface area contributed by atoms with E-state index in [1.54, 1.807) is 0 Å². The Morgan fingerprint density at radius 3 is 2.58 bits per heavy atom. The summed E-state index contributed by atoms with van der Waals surface area (Å²) in [6.45, 7) is 6.62. The molecule has 1 aliphatic rings. The fourth-order valence-electron chi connectivity index (χ4n) is 2.07. The maximum absolute atomic E-state index is 8.82. The lowest BCUT2D eigenvalue weighted by Gasteiger charge is -2.29. The zero-order valence-electron chi connectivity index (χ0n) is 8.25. The Balaban J connectivity index is 2.63. The number of oxime groups is 1. The average molecular weight is 169 g/mol. The third-order valence-corrected chi connectivity index (χ3v) is 2.89. The lowest BCUT2D eigenvalue weighted by atomic mass is 9.76. The smallest absolute Gasteiger partial charge is 0.0606 e. The summed E-state index contributed by atoms with van der Waals surface area (Å²) in [5, 5.41) is 12.2. The van der Waals surface area contributed by atoms with Gasteiger partial charge >= 0.3 is 0 Å². The largest absolute Gasteiger partial charge is 0.411 e. The van der Waals surface area contributed by atoms with Crippen LogP contribution in [0.2, 0.25) is 0 Å². The van der Waals surface area contributed by atoms with Crippen LogP contribution in [0.3, 0.4) is 0 Å². The van der Waals surface area contributed by atoms with Crippen LogP contribution in [0.25, 0.3) is 0 Å². The SMILES string of the molecule is CC(C)[C@@H]1CC[C@H](C)C/C1=N/O. The van der Waals surface area contributed by atoms with Gasteiger partial charge in [-0.05, 0) is 31.1 Å². The highest BCUT2D eigenvalue weighted by atomic mass is 16.4. The first-order chi connectivity index (χ1) is 5.65. The first-order valence-corrected chi connectivity index (χ1v) is 4.86. The fraction of sp³-hybridized carbons (Fsp3) is 0.900. The van der Waals surface area contributed by atoms with Crippen LogP contribution in [-0.2, 0) is 0 Å². The molecular weight excluding hydrogens is 150 g/mol. The Bertz CT molecular complexity index is 175. The number of hydrogen-bond donors (Lipinski definition) is 1. The summed E-state index contributed by atoms with van der Waals surface area (Å²) in [5.74, 6) is 1.83. The van der Waals surface area contributed by atoms with Crippen LogP contribution in [0.1, 0.15) is 40.0 Å². The normalized spacial score (nSPS) is 34.5. The van der Waals surface area contributed by atoms with Gasteiger partial charge in [0.25, 0.3) is 0 Å². The average Bonchev–Trinajstić information content (AvgIpc) is 2.03. The van der Waals surface area contributed by atoms with E-state index >= 15 is 0 Å². The highest BCUT2D eigenvalue weighted by Gasteiger charge is 2.27. The van der Waals surface area contributed by atoms with E-state index in [-0.39, 0.29) is 0 Å². The van der Waals surface area contributed by atoms with Gasteiger partial charge in [-0.1, -0.05) is 25.9 Å². The van der Waals surface area contributed by atoms with Crippen LogP contribution in [-0.4, -0.2) is 10.9 Å². The minimum atomic E-state index is 0.520. The Labute approximate surface area is 74.7 Å². The van der Waals surface area contributed by atoms with Gasteiger partial charge in [0.2, 0.25) is 0 Å². The van der Waals surface area contributed by atoms with Gasteiger partial charge in [0.05, 0.1) is 5.71 Å². The molecule has 0 saturated heterocycles. The predicted octanol–water partition coefficient (Wildman–Crippen LogP) is 2.91. The van der Waals surface area contributed by atoms with Gasteiger partial charge < -0.3 is 5.21 Å². The molecule has 2 atom stereocenters. The van der Waals surface area contributed by atoms with E-state index in [2.05, 4.69) is 25.9 Å². The third kappa shape index (κ3) is 1.99. The van der Waals surface area contributed by atoms with E-state index in [9.17, 15) is 0 Å². The molecule has 1 aliphatic carbocycles. The molecule has 0 aliphatic heterocycles. The van der Waals surface area contributed by atoms with Crippen molar-refractivity contribution in [3.05, 3.63) is 0 Å². The molecule has 2 nitrogen and oxygen atoms in total. The summed E-state index contributed by atoms with van der Waals surface area (Å²) in [5.41, 5.74) is 1.02. The molecule has 0 aromatic heterocycles. The summed E-state index contributed by atoms with van der Waals surface area (Å²) < 4.78 is 0. The van der Waals surface area contributed by atoms with Gasteiger partial charge in [-0.3, -0.25) is 0 Å². The molecule has 0 aromatic rings. The van der Waals surface area contributed by atoms with E-state index in [1.807, 2.05) is 0 Å². The quantitative estimate of drug-likeness (QED) is 0.475. The standard InChI is InChI=1S/C10H19NO/c1-7(2)9-5-4-8(3)6-10(9)11-12/h7-9,12H,4-6H2,1-3H3/b11-10-/t8-,9-/m0/s1. The number of nitrogens with zero attached hydrogens (tertiary/aromatic N) is 1. The molecule has 0 bridgehead atoms. The van der Waals surface area contributed by atoms with Crippen molar-refractivity contribution in [3.63, 3.8) is 0 Å². The van der Waals surface area contributed by atoms with Gasteiger partial charge in [-0.25, -0.2) is 0 Å². The van der Waals surface area contributed by atoms with E-state index in [0.717, 1.165) is 12.1 Å². The summed E-state index contributed by atoms with van der Waals surface area (Å²) >= 11 is 0. The third-order valence-electron chi connectivity index (χ3n) is 2.89. The Morgan fingerprint density at radius 2 is 2.08 bits per heavy atom. The Morgan fingerprint density at radius 1 is 1.42 bits per heavy atom. The topological polar surface area (TPSA) is 32.6 Å². The highest BCUT2D eigenvalue weighted by Crippen LogP contribution is 2.30. The lowest BCUT2D eigenvalue weighted by molar-refractivity contribution is 0.291. The summed E-state index contributed by atoms with van der Waals surface area (Å²) in [7, 11) is 0. The van der Waals surface area contributed by atoms with Gasteiger partial charge in [0.15, 0.2) is 0 Å². The minimum absolute atomic E-state index is 0.520. The molecule has 1 fully saturated rings. The first-order valence-electron chi connectivity index (χ1n) is 4.86. The highest BCUT2D eigenvalue weighted by molar-refractivity contribution is 5.87. The molecule has 0 radical (unpaired) electrons. The molecule has 2 heteroatoms. The van der Waals surface area contributed by atoms with Crippen molar-refractivity contribution in [2.45, 2.75) is 40.0 Å². The fourth-order valence-corrected chi connectivity index (χ4v) is 2.07. The van der Waals surface area contributed by atoms with Crippen LogP contribution >= 0.6 is 0 Å². The van der Waals surface area contributed by atoms with E-state index in [0.29, 0.717) is 17.8 Å². The predicted molar refractivity (Wildman–Crippen MR) is 50.6 cm³/mol. The van der Waals surface area contributed by atoms with Crippen molar-refractivity contribution < 1.29 is 5.21 Å². The summed E-state index contributed by atoms with van der Waals surface area (Å²) in [4.78, 5) is 0. The zero-order chi connectivity index (χ0) is 9.14. The molecule has 1 N–H and O–H groups in total. The first kappa shape index (κ1) is 9.56. The van der Waals surface area contributed by atoms with Gasteiger partial charge in [0, 0.05) is 5.92 Å². The molecule has 0 heterocycles. The molecular formula is C10H19NO. The molecule has 70 valence electrons. The molecule has 0 spiro atoms. The second kappa shape index (κ2) is 3.92. The minimum Gasteiger partial charge on any atom is -0.411 e. The van der Waals surface area contributed by atoms with Crippen molar-refractivity contribution >= 4 is 5.71 Å². The molecule has 12 heavy (non-hydrogen) atoms. The van der Waals surface area contributed by atoms with Gasteiger partial charge in [-0.2, -0.15) is 0 Å². The molecule has 0 aromatic carbocycles. The second-order valence-electron chi connectivity index (χ2n) is 4.33. The summed E-state index contributed by atoms with van der Waals surface area (Å²) in [6, 6.07) is 0. The van der Waals surface area contributed by atoms with Crippen molar-refractivity contribution in [3.8, 4) is 0 Å². The Kier molecular flexibility index (Phi) is 3.12. The zero-order valence-corrected chi connectivity index (χ0v) is 8.25. The van der Waals surface area contributed by atoms with Crippen LogP contribution in [0.4, 0.5) is 0 Å². The van der Waals surface area contributed by atoms with Crippen molar-refractivity contribution in [2.24, 2.45) is 22.9 Å². The molecule has 0 amide bonds. The van der Waals surface area contributed by atoms with Crippen molar-refractivity contribution in [1.82, 2.24) is 0 Å². The Hall–Kier alpha value is -0.530. The van der Waals surface area contributed by atoms with Crippen LogP contribution in [0, 0.1) is 17.8 Å². The second-order valence-corrected chi connectivity index (χ2v) is 4.33. The number of hydrogen-bond acceptors (Lipinski definition) is 2.